The maximum atomic E-state index is 11.6. The van der Waals surface area contributed by atoms with Gasteiger partial charge in [-0.3, -0.25) is 15.5 Å². The van der Waals surface area contributed by atoms with Gasteiger partial charge in [-0.2, -0.15) is 8.42 Å². The Bertz CT molecular complexity index is 591. The average Bonchev–Trinajstić information content (AvgIpc) is 2.60. The van der Waals surface area contributed by atoms with Crippen molar-refractivity contribution in [1.29, 1.82) is 0 Å². The number of aliphatic hydroxyl groups excluding tert-OH is 4. The number of hydrazine groups is 1. The van der Waals surface area contributed by atoms with Crippen molar-refractivity contribution in [2.45, 2.75) is 70.2 Å². The second-order valence-electron chi connectivity index (χ2n) is 6.68. The molecule has 0 fully saturated rings. The highest BCUT2D eigenvalue weighted by Gasteiger charge is 2.14. The second-order valence-corrected chi connectivity index (χ2v) is 8.30. The minimum Gasteiger partial charge on any atom is -0.396 e. The van der Waals surface area contributed by atoms with Crippen LogP contribution in [0.15, 0.2) is 29.2 Å². The first-order chi connectivity index (χ1) is 13.5. The summed E-state index contributed by atoms with van der Waals surface area (Å²) in [5.74, 6) is 4.92. The van der Waals surface area contributed by atoms with E-state index in [-0.39, 0.29) is 30.3 Å². The summed E-state index contributed by atoms with van der Waals surface area (Å²) in [6, 6.07) is 6.44. The summed E-state index contributed by atoms with van der Waals surface area (Å²) >= 11 is 0. The molecule has 3 atom stereocenters. The Labute approximate surface area is 174 Å². The fourth-order valence-electron chi connectivity index (χ4n) is 1.58. The van der Waals surface area contributed by atoms with E-state index in [4.69, 9.17) is 30.5 Å². The molecule has 0 radical (unpaired) electrons. The zero-order valence-electron chi connectivity index (χ0n) is 17.8. The summed E-state index contributed by atoms with van der Waals surface area (Å²) in [6.07, 6.45) is 0.348. The fourth-order valence-corrected chi connectivity index (χ4v) is 2.50. The van der Waals surface area contributed by atoms with Gasteiger partial charge in [-0.25, -0.2) is 0 Å². The van der Waals surface area contributed by atoms with Gasteiger partial charge in [0.05, 0.1) is 29.8 Å². The lowest BCUT2D eigenvalue weighted by atomic mass is 10.2. The number of hydrogen-bond acceptors (Lipinski definition) is 9. The quantitative estimate of drug-likeness (QED) is 0.173. The van der Waals surface area contributed by atoms with Crippen molar-refractivity contribution in [1.82, 2.24) is 5.43 Å². The van der Waals surface area contributed by atoms with Crippen LogP contribution in [-0.4, -0.2) is 66.9 Å². The first kappa shape index (κ1) is 30.1. The Morgan fingerprint density at radius 3 is 1.76 bits per heavy atom. The van der Waals surface area contributed by atoms with Crippen LogP contribution in [0.3, 0.4) is 0 Å². The van der Waals surface area contributed by atoms with Crippen molar-refractivity contribution < 1.29 is 33.0 Å². The molecule has 29 heavy (non-hydrogen) atoms. The Morgan fingerprint density at radius 2 is 1.45 bits per heavy atom. The van der Waals surface area contributed by atoms with Crippen LogP contribution < -0.4 is 11.3 Å². The van der Waals surface area contributed by atoms with Gasteiger partial charge in [-0.05, 0) is 59.1 Å². The molecule has 0 aromatic heterocycles. The summed E-state index contributed by atoms with van der Waals surface area (Å²) in [7, 11) is -3.68. The number of nitrogens with one attached hydrogen (secondary N) is 1. The van der Waals surface area contributed by atoms with Crippen molar-refractivity contribution in [3.63, 3.8) is 0 Å². The van der Waals surface area contributed by atoms with Gasteiger partial charge in [0.2, 0.25) is 0 Å². The van der Waals surface area contributed by atoms with E-state index in [0.717, 1.165) is 12.0 Å². The van der Waals surface area contributed by atoms with Crippen LogP contribution in [0.2, 0.25) is 0 Å². The van der Waals surface area contributed by atoms with Crippen LogP contribution in [0, 0.1) is 6.92 Å². The molecule has 0 saturated carbocycles. The molecule has 9 nitrogen and oxygen atoms in total. The molecular weight excluding hydrogens is 400 g/mol. The minimum absolute atomic E-state index is 0.00607. The van der Waals surface area contributed by atoms with Gasteiger partial charge in [-0.1, -0.05) is 17.7 Å². The van der Waals surface area contributed by atoms with Crippen LogP contribution in [0.5, 0.6) is 0 Å². The van der Waals surface area contributed by atoms with Crippen LogP contribution in [0.25, 0.3) is 0 Å². The Hall–Kier alpha value is -1.11. The number of hydrogen-bond donors (Lipinski definition) is 6. The molecule has 0 amide bonds. The highest BCUT2D eigenvalue weighted by atomic mass is 32.2. The Balaban J connectivity index is 0. The molecule has 1 aromatic rings. The van der Waals surface area contributed by atoms with Crippen molar-refractivity contribution in [2.75, 3.05) is 19.8 Å². The van der Waals surface area contributed by atoms with Crippen molar-refractivity contribution in [3.8, 4) is 0 Å². The molecule has 0 bridgehead atoms. The molecule has 0 aliphatic rings. The molecule has 1 aromatic carbocycles. The zero-order chi connectivity index (χ0) is 22.9. The lowest BCUT2D eigenvalue weighted by Gasteiger charge is -2.07. The summed E-state index contributed by atoms with van der Waals surface area (Å²) in [5.41, 5.74) is 3.43. The van der Waals surface area contributed by atoms with Crippen molar-refractivity contribution in [2.24, 2.45) is 5.84 Å². The van der Waals surface area contributed by atoms with Crippen molar-refractivity contribution >= 4 is 10.1 Å². The Kier molecular flexibility index (Phi) is 18.4. The van der Waals surface area contributed by atoms with E-state index in [1.54, 1.807) is 32.9 Å². The number of aliphatic hydroxyl groups is 4. The first-order valence-corrected chi connectivity index (χ1v) is 10.9. The predicted molar refractivity (Wildman–Crippen MR) is 112 cm³/mol. The molecule has 1 rings (SSSR count). The monoisotopic (exact) mass is 438 g/mol. The molecule has 0 aliphatic carbocycles. The smallest absolute Gasteiger partial charge is 0.296 e. The topological polar surface area (TPSA) is 162 Å². The maximum Gasteiger partial charge on any atom is 0.296 e. The molecule has 0 heterocycles. The molecular formula is C19H38N2O7S. The van der Waals surface area contributed by atoms with Gasteiger partial charge in [0.1, 0.15) is 0 Å². The van der Waals surface area contributed by atoms with Crippen LogP contribution in [0.4, 0.5) is 0 Å². The van der Waals surface area contributed by atoms with E-state index < -0.39 is 16.2 Å². The SMILES string of the molecule is CC(O)CCNN.CC(O)CCO.Cc1ccc(S(=O)(=O)OCCC(C)O)cc1. The number of nitrogens with two attached hydrogens (primary N) is 1. The number of rotatable bonds is 10. The molecule has 7 N–H and O–H groups in total. The third kappa shape index (κ3) is 20.0. The van der Waals surface area contributed by atoms with E-state index in [0.29, 0.717) is 19.4 Å². The average molecular weight is 439 g/mol. The number of benzene rings is 1. The Morgan fingerprint density at radius 1 is 0.966 bits per heavy atom. The second kappa shape index (κ2) is 17.7. The molecule has 10 heteroatoms. The van der Waals surface area contributed by atoms with E-state index >= 15 is 0 Å². The van der Waals surface area contributed by atoms with Crippen LogP contribution in [0.1, 0.15) is 45.6 Å². The third-order valence-electron chi connectivity index (χ3n) is 3.34. The highest BCUT2D eigenvalue weighted by molar-refractivity contribution is 7.86. The standard InChI is InChI=1S/C11H16O4S.C4H12N2O.C4H10O2/c1-9-3-5-11(6-4-9)16(13,14)15-8-7-10(2)12;1-4(7)2-3-6-5;1-4(6)2-3-5/h3-6,10,12H,7-8H2,1-2H3;4,6-7H,2-3,5H2,1H3;4-6H,2-3H2,1H3. The lowest BCUT2D eigenvalue weighted by molar-refractivity contribution is 0.148. The third-order valence-corrected chi connectivity index (χ3v) is 4.66. The highest BCUT2D eigenvalue weighted by Crippen LogP contribution is 2.13. The van der Waals surface area contributed by atoms with Crippen molar-refractivity contribution in [3.05, 3.63) is 29.8 Å². The minimum atomic E-state index is -3.68. The largest absolute Gasteiger partial charge is 0.396 e. The predicted octanol–water partition coefficient (Wildman–Crippen LogP) is 0.441. The summed E-state index contributed by atoms with van der Waals surface area (Å²) in [6.45, 7) is 7.60. The molecule has 3 unspecified atom stereocenters. The van der Waals surface area contributed by atoms with Gasteiger partial charge >= 0.3 is 0 Å². The molecule has 0 aliphatic heterocycles. The van der Waals surface area contributed by atoms with E-state index in [1.807, 2.05) is 6.92 Å². The van der Waals surface area contributed by atoms with E-state index in [2.05, 4.69) is 5.43 Å². The number of aryl methyl sites for hydroxylation is 1. The summed E-state index contributed by atoms with van der Waals surface area (Å²) in [5, 5.41) is 34.0. The van der Waals surface area contributed by atoms with Gasteiger partial charge in [-0.15, -0.1) is 0 Å². The zero-order valence-corrected chi connectivity index (χ0v) is 18.6. The van der Waals surface area contributed by atoms with E-state index in [9.17, 15) is 8.42 Å². The fraction of sp³-hybridized carbons (Fsp3) is 0.684. The normalized spacial score (nSPS) is 14.0. The first-order valence-electron chi connectivity index (χ1n) is 9.50. The molecule has 0 saturated heterocycles. The summed E-state index contributed by atoms with van der Waals surface area (Å²) in [4.78, 5) is 0.142. The van der Waals surface area contributed by atoms with Crippen LogP contribution >= 0.6 is 0 Å². The van der Waals surface area contributed by atoms with Crippen LogP contribution in [-0.2, 0) is 14.3 Å². The summed E-state index contributed by atoms with van der Waals surface area (Å²) < 4.78 is 28.0. The van der Waals surface area contributed by atoms with Gasteiger partial charge in [0, 0.05) is 13.2 Å². The maximum absolute atomic E-state index is 11.6. The van der Waals surface area contributed by atoms with Gasteiger partial charge in [0.15, 0.2) is 0 Å². The van der Waals surface area contributed by atoms with Gasteiger partial charge < -0.3 is 20.4 Å². The van der Waals surface area contributed by atoms with Gasteiger partial charge in [0.25, 0.3) is 10.1 Å². The van der Waals surface area contributed by atoms with E-state index in [1.165, 1.54) is 12.1 Å². The molecule has 0 spiro atoms. The lowest BCUT2D eigenvalue weighted by Crippen LogP contribution is -2.25. The molecule has 172 valence electrons.